The lowest BCUT2D eigenvalue weighted by Crippen LogP contribution is -2.47. The molecule has 112 valence electrons. The number of hydrogen-bond acceptors (Lipinski definition) is 8. The maximum Gasteiger partial charge on any atom is 0.291 e. The highest BCUT2D eigenvalue weighted by Gasteiger charge is 2.19. The van der Waals surface area contributed by atoms with Crippen molar-refractivity contribution < 1.29 is 14.4 Å². The number of hydrazine groups is 3. The van der Waals surface area contributed by atoms with Crippen LogP contribution < -0.4 is 39.2 Å². The average molecular weight is 294 g/mol. The Kier molecular flexibility index (Phi) is 5.76. The van der Waals surface area contributed by atoms with Crippen molar-refractivity contribution in [1.82, 2.24) is 16.3 Å². The van der Waals surface area contributed by atoms with Gasteiger partial charge in [0.25, 0.3) is 17.7 Å². The summed E-state index contributed by atoms with van der Waals surface area (Å²) >= 11 is 0. The Labute approximate surface area is 118 Å². The molecule has 10 N–H and O–H groups in total. The van der Waals surface area contributed by atoms with Crippen molar-refractivity contribution in [3.8, 4) is 0 Å². The van der Waals surface area contributed by atoms with E-state index in [1.54, 1.807) is 23.0 Å². The zero-order valence-corrected chi connectivity index (χ0v) is 10.7. The lowest BCUT2D eigenvalue weighted by molar-refractivity contribution is -0.119. The second kappa shape index (κ2) is 7.54. The summed E-state index contributed by atoms with van der Waals surface area (Å²) in [6, 6.07) is 6.16. The largest absolute Gasteiger partial charge is 0.291 e. The van der Waals surface area contributed by atoms with Crippen LogP contribution in [0.2, 0.25) is 0 Å². The number of rotatable bonds is 5. The standard InChI is InChI=1S/C10H14N8O3/c11-14-8(19)5-3-1-2-4-6(5)17-18-7(9(20)15-12)10(21)16-13/h1-4,17H,11-13H2,(H,14,19)(H,15,20)(H,16,21). The second-order valence-electron chi connectivity index (χ2n) is 3.54. The zero-order chi connectivity index (χ0) is 15.8. The van der Waals surface area contributed by atoms with Crippen LogP contribution in [0, 0.1) is 0 Å². The minimum Gasteiger partial charge on any atom is -0.290 e. The molecule has 0 aliphatic heterocycles. The maximum atomic E-state index is 11.5. The molecule has 0 aromatic heterocycles. The van der Waals surface area contributed by atoms with Crippen molar-refractivity contribution >= 4 is 29.1 Å². The molecule has 11 heteroatoms. The van der Waals surface area contributed by atoms with Crippen LogP contribution in [0.3, 0.4) is 0 Å². The van der Waals surface area contributed by atoms with Crippen LogP contribution in [0.4, 0.5) is 5.69 Å². The summed E-state index contributed by atoms with van der Waals surface area (Å²) in [6.07, 6.45) is 0. The topological polar surface area (TPSA) is 190 Å². The molecule has 0 unspecified atom stereocenters. The van der Waals surface area contributed by atoms with Gasteiger partial charge in [0, 0.05) is 0 Å². The molecule has 11 nitrogen and oxygen atoms in total. The van der Waals surface area contributed by atoms with Gasteiger partial charge in [0.15, 0.2) is 0 Å². The van der Waals surface area contributed by atoms with Gasteiger partial charge in [0.05, 0.1) is 11.3 Å². The van der Waals surface area contributed by atoms with E-state index in [1.165, 1.54) is 12.1 Å². The third-order valence-corrected chi connectivity index (χ3v) is 2.28. The number of nitrogens with two attached hydrogens (primary N) is 3. The van der Waals surface area contributed by atoms with Gasteiger partial charge in [-0.1, -0.05) is 12.1 Å². The molecule has 1 aromatic rings. The quantitative estimate of drug-likeness (QED) is 0.0991. The summed E-state index contributed by atoms with van der Waals surface area (Å²) in [5, 5.41) is 3.57. The van der Waals surface area contributed by atoms with Crippen molar-refractivity contribution in [1.29, 1.82) is 0 Å². The van der Waals surface area contributed by atoms with E-state index in [9.17, 15) is 14.4 Å². The first-order valence-electron chi connectivity index (χ1n) is 5.50. The number of benzene rings is 1. The Bertz CT molecular complexity index is 567. The van der Waals surface area contributed by atoms with Gasteiger partial charge in [-0.05, 0) is 12.1 Å². The van der Waals surface area contributed by atoms with E-state index in [0.717, 1.165) is 0 Å². The summed E-state index contributed by atoms with van der Waals surface area (Å²) in [5.41, 5.74) is 7.58. The van der Waals surface area contributed by atoms with Gasteiger partial charge < -0.3 is 0 Å². The van der Waals surface area contributed by atoms with Crippen LogP contribution in [-0.4, -0.2) is 23.4 Å². The van der Waals surface area contributed by atoms with Gasteiger partial charge in [0.1, 0.15) is 0 Å². The van der Waals surface area contributed by atoms with E-state index in [4.69, 9.17) is 17.5 Å². The molecule has 3 amide bonds. The summed E-state index contributed by atoms with van der Waals surface area (Å²) in [4.78, 5) is 34.3. The fourth-order valence-corrected chi connectivity index (χ4v) is 1.31. The van der Waals surface area contributed by atoms with Gasteiger partial charge in [-0.3, -0.25) is 36.1 Å². The van der Waals surface area contributed by atoms with Crippen molar-refractivity contribution in [2.24, 2.45) is 22.6 Å². The van der Waals surface area contributed by atoms with Crippen LogP contribution in [0.1, 0.15) is 10.4 Å². The van der Waals surface area contributed by atoms with Gasteiger partial charge in [-0.15, -0.1) is 0 Å². The normalized spacial score (nSPS) is 9.29. The molecule has 0 atom stereocenters. The fourth-order valence-electron chi connectivity index (χ4n) is 1.31. The number of carbonyl (C=O) groups excluding carboxylic acids is 3. The third-order valence-electron chi connectivity index (χ3n) is 2.28. The molecule has 0 aliphatic carbocycles. The van der Waals surface area contributed by atoms with E-state index < -0.39 is 23.4 Å². The summed E-state index contributed by atoms with van der Waals surface area (Å²) < 4.78 is 0. The van der Waals surface area contributed by atoms with Crippen molar-refractivity contribution in [2.75, 3.05) is 5.43 Å². The first-order valence-corrected chi connectivity index (χ1v) is 5.50. The minimum absolute atomic E-state index is 0.157. The Morgan fingerprint density at radius 3 is 2.00 bits per heavy atom. The fraction of sp³-hybridized carbons (Fsp3) is 0. The van der Waals surface area contributed by atoms with Crippen LogP contribution in [0.15, 0.2) is 29.4 Å². The monoisotopic (exact) mass is 294 g/mol. The van der Waals surface area contributed by atoms with Crippen LogP contribution in [0.5, 0.6) is 0 Å². The third kappa shape index (κ3) is 3.97. The van der Waals surface area contributed by atoms with Gasteiger partial charge in [-0.25, -0.2) is 17.5 Å². The number of anilines is 1. The first kappa shape index (κ1) is 16.0. The minimum atomic E-state index is -0.966. The molecular formula is C10H14N8O3. The molecule has 0 fully saturated rings. The van der Waals surface area contributed by atoms with Crippen molar-refractivity contribution in [3.05, 3.63) is 29.8 Å². The number of carbonyl (C=O) groups is 3. The Morgan fingerprint density at radius 1 is 0.905 bits per heavy atom. The van der Waals surface area contributed by atoms with E-state index in [0.29, 0.717) is 0 Å². The maximum absolute atomic E-state index is 11.5. The smallest absolute Gasteiger partial charge is 0.290 e. The predicted octanol–water partition coefficient (Wildman–Crippen LogP) is -2.96. The molecule has 0 radical (unpaired) electrons. The second-order valence-corrected chi connectivity index (χ2v) is 3.54. The number of hydrogen-bond donors (Lipinski definition) is 7. The number of nitrogens with one attached hydrogen (secondary N) is 4. The highest BCUT2D eigenvalue weighted by atomic mass is 16.2. The Balaban J connectivity index is 3.09. The van der Waals surface area contributed by atoms with E-state index in [-0.39, 0.29) is 11.3 Å². The summed E-state index contributed by atoms with van der Waals surface area (Å²) in [7, 11) is 0. The zero-order valence-electron chi connectivity index (χ0n) is 10.7. The van der Waals surface area contributed by atoms with Gasteiger partial charge in [-0.2, -0.15) is 5.10 Å². The molecule has 1 rings (SSSR count). The van der Waals surface area contributed by atoms with Crippen LogP contribution in [-0.2, 0) is 9.59 Å². The highest BCUT2D eigenvalue weighted by molar-refractivity contribution is 6.65. The molecular weight excluding hydrogens is 280 g/mol. The van der Waals surface area contributed by atoms with E-state index in [2.05, 4.69) is 10.5 Å². The molecule has 21 heavy (non-hydrogen) atoms. The van der Waals surface area contributed by atoms with Crippen LogP contribution >= 0.6 is 0 Å². The lowest BCUT2D eigenvalue weighted by Gasteiger charge is -2.08. The highest BCUT2D eigenvalue weighted by Crippen LogP contribution is 2.14. The summed E-state index contributed by atoms with van der Waals surface area (Å²) in [6.45, 7) is 0. The first-order chi connectivity index (χ1) is 10.0. The number of hydrazone groups is 1. The predicted molar refractivity (Wildman–Crippen MR) is 73.8 cm³/mol. The van der Waals surface area contributed by atoms with Gasteiger partial charge >= 0.3 is 0 Å². The average Bonchev–Trinajstić information content (AvgIpc) is 2.53. The SMILES string of the molecule is NNC(=O)C(=NNc1ccccc1C(=O)NN)C(=O)NN. The van der Waals surface area contributed by atoms with Crippen molar-refractivity contribution in [3.63, 3.8) is 0 Å². The lowest BCUT2D eigenvalue weighted by atomic mass is 10.2. The summed E-state index contributed by atoms with van der Waals surface area (Å²) in [5.74, 6) is 12.4. The molecule has 0 aliphatic rings. The van der Waals surface area contributed by atoms with E-state index in [1.807, 2.05) is 5.43 Å². The Hall–Kier alpha value is -3.02. The molecule has 0 bridgehead atoms. The Morgan fingerprint density at radius 2 is 1.48 bits per heavy atom. The number of nitrogens with zero attached hydrogens (tertiary/aromatic N) is 1. The molecule has 0 saturated carbocycles. The van der Waals surface area contributed by atoms with E-state index >= 15 is 0 Å². The van der Waals surface area contributed by atoms with Gasteiger partial charge in [0.2, 0.25) is 5.71 Å². The molecule has 0 heterocycles. The molecule has 1 aromatic carbocycles. The number of para-hydroxylation sites is 1. The molecule has 0 spiro atoms. The van der Waals surface area contributed by atoms with Crippen LogP contribution in [0.25, 0.3) is 0 Å². The van der Waals surface area contributed by atoms with Crippen molar-refractivity contribution in [2.45, 2.75) is 0 Å². The molecule has 0 saturated heterocycles. The number of nitrogen functional groups attached to an aromatic ring is 1. The number of amides is 3.